The number of ether oxygens (including phenoxy) is 2. The van der Waals surface area contributed by atoms with Gasteiger partial charge in [0.2, 0.25) is 5.91 Å². The van der Waals surface area contributed by atoms with E-state index in [2.05, 4.69) is 22.9 Å². The van der Waals surface area contributed by atoms with E-state index in [-0.39, 0.29) is 23.9 Å². The lowest BCUT2D eigenvalue weighted by molar-refractivity contribution is -0.384. The van der Waals surface area contributed by atoms with Gasteiger partial charge in [0, 0.05) is 61.2 Å². The van der Waals surface area contributed by atoms with Crippen molar-refractivity contribution < 1.29 is 19.2 Å². The van der Waals surface area contributed by atoms with Gasteiger partial charge in [-0.1, -0.05) is 42.5 Å². The van der Waals surface area contributed by atoms with Crippen LogP contribution in [0.2, 0.25) is 0 Å². The van der Waals surface area contributed by atoms with Crippen molar-refractivity contribution in [2.24, 2.45) is 0 Å². The quantitative estimate of drug-likeness (QED) is 0.252. The molecule has 1 aromatic heterocycles. The normalized spacial score (nSPS) is 14.5. The molecule has 37 heavy (non-hydrogen) atoms. The fourth-order valence-electron chi connectivity index (χ4n) is 4.96. The average Bonchev–Trinajstić information content (AvgIpc) is 3.30. The van der Waals surface area contributed by atoms with E-state index in [9.17, 15) is 14.9 Å². The van der Waals surface area contributed by atoms with Crippen molar-refractivity contribution in [2.75, 3.05) is 33.4 Å². The van der Waals surface area contributed by atoms with Crippen LogP contribution < -0.4 is 4.74 Å². The molecule has 0 bridgehead atoms. The number of non-ortho nitro benzene ring substituents is 1. The number of fused-ring (bicyclic) bond motifs is 1. The third-order valence-electron chi connectivity index (χ3n) is 6.96. The van der Waals surface area contributed by atoms with Crippen molar-refractivity contribution in [1.82, 2.24) is 9.47 Å². The third-order valence-corrected chi connectivity index (χ3v) is 6.96. The van der Waals surface area contributed by atoms with E-state index in [1.807, 2.05) is 41.3 Å². The number of benzene rings is 3. The highest BCUT2D eigenvalue weighted by Gasteiger charge is 2.26. The number of methoxy groups -OCH3 is 1. The van der Waals surface area contributed by atoms with Gasteiger partial charge in [-0.25, -0.2) is 0 Å². The minimum atomic E-state index is -0.404. The second-order valence-corrected chi connectivity index (χ2v) is 9.18. The molecule has 8 heteroatoms. The number of aromatic nitrogens is 1. The smallest absolute Gasteiger partial charge is 0.269 e. The highest BCUT2D eigenvalue weighted by atomic mass is 16.6. The zero-order chi connectivity index (χ0) is 25.8. The molecule has 0 unspecified atom stereocenters. The first-order valence-corrected chi connectivity index (χ1v) is 12.3. The molecule has 0 saturated carbocycles. The predicted octanol–water partition coefficient (Wildman–Crippen LogP) is 4.99. The molecule has 0 N–H and O–H groups in total. The fourth-order valence-corrected chi connectivity index (χ4v) is 4.96. The molecule has 190 valence electrons. The largest absolute Gasteiger partial charge is 0.497 e. The molecule has 0 spiro atoms. The Balaban J connectivity index is 1.54. The second-order valence-electron chi connectivity index (χ2n) is 9.18. The number of morpholine rings is 1. The van der Waals surface area contributed by atoms with Crippen LogP contribution in [-0.2, 0) is 16.1 Å². The molecule has 1 fully saturated rings. The first kappa shape index (κ1) is 24.5. The number of amides is 1. The number of hydrogen-bond donors (Lipinski definition) is 0. The van der Waals surface area contributed by atoms with Gasteiger partial charge in [-0.15, -0.1) is 0 Å². The monoisotopic (exact) mass is 499 g/mol. The Labute approximate surface area is 215 Å². The van der Waals surface area contributed by atoms with Gasteiger partial charge < -0.3 is 18.9 Å². The highest BCUT2D eigenvalue weighted by Crippen LogP contribution is 2.36. The van der Waals surface area contributed by atoms with Gasteiger partial charge in [0.05, 0.1) is 25.2 Å². The topological polar surface area (TPSA) is 86.8 Å². The van der Waals surface area contributed by atoms with E-state index < -0.39 is 4.92 Å². The van der Waals surface area contributed by atoms with Crippen LogP contribution in [0.3, 0.4) is 0 Å². The Morgan fingerprint density at radius 2 is 1.73 bits per heavy atom. The van der Waals surface area contributed by atoms with Crippen molar-refractivity contribution in [3.8, 4) is 5.75 Å². The molecule has 1 saturated heterocycles. The lowest BCUT2D eigenvalue weighted by Crippen LogP contribution is -2.41. The summed E-state index contributed by atoms with van der Waals surface area (Å²) in [5.74, 6) is 0.610. The Kier molecular flexibility index (Phi) is 7.18. The van der Waals surface area contributed by atoms with Crippen molar-refractivity contribution in [2.45, 2.75) is 18.9 Å². The van der Waals surface area contributed by atoms with Crippen LogP contribution in [0.15, 0.2) is 79.0 Å². The molecule has 5 rings (SSSR count). The maximum Gasteiger partial charge on any atom is 0.269 e. The van der Waals surface area contributed by atoms with Gasteiger partial charge in [-0.3, -0.25) is 14.9 Å². The molecule has 0 radical (unpaired) electrons. The third kappa shape index (κ3) is 5.34. The van der Waals surface area contributed by atoms with Gasteiger partial charge >= 0.3 is 0 Å². The van der Waals surface area contributed by atoms with Crippen LogP contribution in [0.1, 0.15) is 29.0 Å². The van der Waals surface area contributed by atoms with Gasteiger partial charge in [-0.05, 0) is 34.9 Å². The van der Waals surface area contributed by atoms with E-state index >= 15 is 0 Å². The number of carbonyl (C=O) groups excluding carboxylic acids is 1. The molecule has 1 amide bonds. The van der Waals surface area contributed by atoms with Crippen molar-refractivity contribution in [3.63, 3.8) is 0 Å². The van der Waals surface area contributed by atoms with Gasteiger partial charge in [0.1, 0.15) is 5.75 Å². The van der Waals surface area contributed by atoms with E-state index in [0.29, 0.717) is 32.8 Å². The maximum absolute atomic E-state index is 13.4. The average molecular weight is 500 g/mol. The van der Waals surface area contributed by atoms with Crippen LogP contribution in [0, 0.1) is 10.1 Å². The van der Waals surface area contributed by atoms with Crippen LogP contribution in [0.4, 0.5) is 5.69 Å². The highest BCUT2D eigenvalue weighted by molar-refractivity contribution is 5.87. The molecule has 2 heterocycles. The number of nitrogens with zero attached hydrogens (tertiary/aromatic N) is 3. The van der Waals surface area contributed by atoms with Crippen LogP contribution in [-0.4, -0.2) is 53.7 Å². The molecule has 0 aliphatic carbocycles. The maximum atomic E-state index is 13.4. The van der Waals surface area contributed by atoms with E-state index in [4.69, 9.17) is 9.47 Å². The summed E-state index contributed by atoms with van der Waals surface area (Å²) >= 11 is 0. The Morgan fingerprint density at radius 3 is 2.41 bits per heavy atom. The molecular formula is C29H29N3O5. The fraction of sp³-hybridized carbons (Fsp3) is 0.276. The van der Waals surface area contributed by atoms with Crippen LogP contribution in [0.5, 0.6) is 5.75 Å². The number of para-hydroxylation sites is 1. The number of rotatable bonds is 8. The summed E-state index contributed by atoms with van der Waals surface area (Å²) in [5, 5.41) is 12.3. The van der Waals surface area contributed by atoms with E-state index in [1.165, 1.54) is 12.1 Å². The molecule has 1 aliphatic rings. The Bertz CT molecular complexity index is 1390. The number of nitro groups is 1. The summed E-state index contributed by atoms with van der Waals surface area (Å²) < 4.78 is 12.9. The molecule has 3 aromatic carbocycles. The number of hydrogen-bond acceptors (Lipinski definition) is 5. The SMILES string of the molecule is COc1ccc(Cn2cc([C@@H](CC(=O)N3CCOCC3)c3ccc([N+](=O)[O-])cc3)c3ccccc32)cc1. The molecular weight excluding hydrogens is 470 g/mol. The van der Waals surface area contributed by atoms with E-state index in [0.717, 1.165) is 33.3 Å². The lowest BCUT2D eigenvalue weighted by atomic mass is 9.87. The number of carbonyl (C=O) groups is 1. The standard InChI is InChI=1S/C29H29N3O5/c1-36-24-12-6-21(7-13-24)19-31-20-27(25-4-2-3-5-28(25)31)26(18-29(33)30-14-16-37-17-15-30)22-8-10-23(11-9-22)32(34)35/h2-13,20,26H,14-19H2,1H3/t26-/m0/s1. The molecule has 4 aromatic rings. The Morgan fingerprint density at radius 1 is 1.03 bits per heavy atom. The first-order valence-electron chi connectivity index (χ1n) is 12.3. The number of nitro benzene ring substituents is 1. The van der Waals surface area contributed by atoms with Crippen LogP contribution in [0.25, 0.3) is 10.9 Å². The minimum Gasteiger partial charge on any atom is -0.497 e. The molecule has 1 aliphatic heterocycles. The summed E-state index contributed by atoms with van der Waals surface area (Å²) in [6.07, 6.45) is 2.39. The summed E-state index contributed by atoms with van der Waals surface area (Å²) in [6.45, 7) is 2.88. The second kappa shape index (κ2) is 10.8. The summed E-state index contributed by atoms with van der Waals surface area (Å²) in [5.41, 5.74) is 4.13. The summed E-state index contributed by atoms with van der Waals surface area (Å²) in [6, 6.07) is 22.7. The van der Waals surface area contributed by atoms with E-state index in [1.54, 1.807) is 19.2 Å². The zero-order valence-electron chi connectivity index (χ0n) is 20.7. The van der Waals surface area contributed by atoms with Gasteiger partial charge in [0.15, 0.2) is 0 Å². The zero-order valence-corrected chi connectivity index (χ0v) is 20.7. The predicted molar refractivity (Wildman–Crippen MR) is 141 cm³/mol. The van der Waals surface area contributed by atoms with Crippen molar-refractivity contribution in [1.29, 1.82) is 0 Å². The Hall–Kier alpha value is -4.17. The first-order chi connectivity index (χ1) is 18.0. The minimum absolute atomic E-state index is 0.0314. The van der Waals surface area contributed by atoms with Crippen molar-refractivity contribution in [3.05, 3.63) is 106 Å². The van der Waals surface area contributed by atoms with Crippen molar-refractivity contribution >= 4 is 22.5 Å². The molecule has 8 nitrogen and oxygen atoms in total. The molecule has 1 atom stereocenters. The lowest BCUT2D eigenvalue weighted by Gasteiger charge is -2.28. The summed E-state index contributed by atoms with van der Waals surface area (Å²) in [7, 11) is 1.65. The summed E-state index contributed by atoms with van der Waals surface area (Å²) in [4.78, 5) is 26.1. The van der Waals surface area contributed by atoms with Crippen LogP contribution >= 0.6 is 0 Å². The van der Waals surface area contributed by atoms with Gasteiger partial charge in [0.25, 0.3) is 5.69 Å². The van der Waals surface area contributed by atoms with Gasteiger partial charge in [-0.2, -0.15) is 0 Å².